The fourth-order valence-electron chi connectivity index (χ4n) is 1.58. The lowest BCUT2D eigenvalue weighted by Gasteiger charge is -2.26. The third kappa shape index (κ3) is 4.89. The van der Waals surface area contributed by atoms with Crippen LogP contribution < -0.4 is 16.0 Å². The van der Waals surface area contributed by atoms with E-state index in [-0.39, 0.29) is 11.3 Å². The van der Waals surface area contributed by atoms with Crippen molar-refractivity contribution in [3.63, 3.8) is 0 Å². The van der Waals surface area contributed by atoms with E-state index in [2.05, 4.69) is 0 Å². The third-order valence-electron chi connectivity index (χ3n) is 2.60. The molecule has 0 aliphatic carbocycles. The summed E-state index contributed by atoms with van der Waals surface area (Å²) in [6.07, 6.45) is 0. The molecule has 0 aliphatic heterocycles. The molecule has 0 aliphatic rings. The molecule has 122 valence electrons. The summed E-state index contributed by atoms with van der Waals surface area (Å²) in [6, 6.07) is 4.50. The number of carbonyl (C=O) groups excluding carboxylic acids is 2. The van der Waals surface area contributed by atoms with Crippen LogP contribution in [-0.2, 0) is 9.53 Å². The van der Waals surface area contributed by atoms with Crippen molar-refractivity contribution in [3.05, 3.63) is 28.8 Å². The molecule has 0 bridgehead atoms. The number of esters is 1. The Labute approximate surface area is 134 Å². The fourth-order valence-corrected chi connectivity index (χ4v) is 1.75. The fraction of sp³-hybridized carbons (Fsp3) is 0.467. The molecule has 0 unspecified atom stereocenters. The van der Waals surface area contributed by atoms with Crippen molar-refractivity contribution in [1.29, 1.82) is 0 Å². The molecule has 0 heterocycles. The molecule has 1 aromatic carbocycles. The SMILES string of the molecule is CC(C)(C)OC(=O)c1cc(Cl)ccc1OC(C)(C)C(=O)NN. The summed E-state index contributed by atoms with van der Waals surface area (Å²) in [7, 11) is 0. The van der Waals surface area contributed by atoms with Gasteiger partial charge in [0.1, 0.15) is 16.9 Å². The summed E-state index contributed by atoms with van der Waals surface area (Å²) in [5.74, 6) is 4.19. The zero-order valence-electron chi connectivity index (χ0n) is 13.3. The first-order valence-corrected chi connectivity index (χ1v) is 7.07. The third-order valence-corrected chi connectivity index (χ3v) is 2.84. The molecule has 1 amide bonds. The highest BCUT2D eigenvalue weighted by Gasteiger charge is 2.31. The normalized spacial score (nSPS) is 11.8. The van der Waals surface area contributed by atoms with Gasteiger partial charge in [0.05, 0.1) is 0 Å². The Bertz CT molecular complexity index is 579. The zero-order valence-corrected chi connectivity index (χ0v) is 14.1. The molecule has 0 aromatic heterocycles. The molecule has 0 saturated heterocycles. The molecule has 0 fully saturated rings. The van der Waals surface area contributed by atoms with Gasteiger partial charge in [-0.2, -0.15) is 0 Å². The number of benzene rings is 1. The number of halogens is 1. The number of rotatable bonds is 4. The Hall–Kier alpha value is -1.79. The van der Waals surface area contributed by atoms with Crippen molar-refractivity contribution >= 4 is 23.5 Å². The monoisotopic (exact) mass is 328 g/mol. The Balaban J connectivity index is 3.16. The zero-order chi connectivity index (χ0) is 17.1. The molecule has 0 saturated carbocycles. The van der Waals surface area contributed by atoms with Crippen molar-refractivity contribution in [2.24, 2.45) is 5.84 Å². The quantitative estimate of drug-likeness (QED) is 0.383. The van der Waals surface area contributed by atoms with E-state index in [1.807, 2.05) is 5.43 Å². The summed E-state index contributed by atoms with van der Waals surface area (Å²) in [5.41, 5.74) is 0.226. The summed E-state index contributed by atoms with van der Waals surface area (Å²) in [4.78, 5) is 24.0. The van der Waals surface area contributed by atoms with Gasteiger partial charge in [0, 0.05) is 5.02 Å². The topological polar surface area (TPSA) is 90.6 Å². The number of hydrogen-bond donors (Lipinski definition) is 2. The van der Waals surface area contributed by atoms with Crippen molar-refractivity contribution in [1.82, 2.24) is 5.43 Å². The minimum atomic E-state index is -1.26. The average Bonchev–Trinajstić information content (AvgIpc) is 2.37. The van der Waals surface area contributed by atoms with E-state index in [0.717, 1.165) is 0 Å². The van der Waals surface area contributed by atoms with Crippen LogP contribution in [0.4, 0.5) is 0 Å². The van der Waals surface area contributed by atoms with E-state index < -0.39 is 23.1 Å². The Morgan fingerprint density at radius 1 is 1.18 bits per heavy atom. The predicted octanol–water partition coefficient (Wildman–Crippen LogP) is 2.44. The largest absolute Gasteiger partial charge is 0.477 e. The molecule has 0 radical (unpaired) electrons. The van der Waals surface area contributed by atoms with Gasteiger partial charge in [-0.05, 0) is 52.8 Å². The van der Waals surface area contributed by atoms with E-state index in [4.69, 9.17) is 26.9 Å². The van der Waals surface area contributed by atoms with Crippen LogP contribution in [0, 0.1) is 0 Å². The molecule has 7 heteroatoms. The number of hydrazine groups is 1. The van der Waals surface area contributed by atoms with Crippen LogP contribution in [0.3, 0.4) is 0 Å². The molecule has 0 spiro atoms. The lowest BCUT2D eigenvalue weighted by atomic mass is 10.1. The van der Waals surface area contributed by atoms with Crippen molar-refractivity contribution in [2.45, 2.75) is 45.8 Å². The highest BCUT2D eigenvalue weighted by atomic mass is 35.5. The Morgan fingerprint density at radius 2 is 1.77 bits per heavy atom. The van der Waals surface area contributed by atoms with E-state index >= 15 is 0 Å². The summed E-state index contributed by atoms with van der Waals surface area (Å²) in [5, 5.41) is 0.356. The molecule has 0 atom stereocenters. The standard InChI is InChI=1S/C15H21ClN2O4/c1-14(2,3)22-12(19)10-8-9(16)6-7-11(10)21-15(4,5)13(20)18-17/h6-8H,17H2,1-5H3,(H,18,20). The summed E-state index contributed by atoms with van der Waals surface area (Å²) < 4.78 is 10.9. The molecule has 1 rings (SSSR count). The van der Waals surface area contributed by atoms with Gasteiger partial charge in [0.25, 0.3) is 5.91 Å². The minimum absolute atomic E-state index is 0.139. The van der Waals surface area contributed by atoms with E-state index in [0.29, 0.717) is 5.02 Å². The highest BCUT2D eigenvalue weighted by molar-refractivity contribution is 6.31. The van der Waals surface area contributed by atoms with Gasteiger partial charge in [-0.25, -0.2) is 10.6 Å². The number of nitrogens with one attached hydrogen (secondary N) is 1. The number of carbonyl (C=O) groups is 2. The maximum atomic E-state index is 12.3. The Kier molecular flexibility index (Phi) is 5.43. The summed E-state index contributed by atoms with van der Waals surface area (Å²) >= 11 is 5.93. The number of ether oxygens (including phenoxy) is 2. The van der Waals surface area contributed by atoms with Crippen LogP contribution in [-0.4, -0.2) is 23.1 Å². The van der Waals surface area contributed by atoms with Crippen LogP contribution in [0.25, 0.3) is 0 Å². The maximum Gasteiger partial charge on any atom is 0.342 e. The van der Waals surface area contributed by atoms with E-state index in [1.54, 1.807) is 26.8 Å². The first kappa shape index (κ1) is 18.3. The van der Waals surface area contributed by atoms with Crippen LogP contribution >= 0.6 is 11.6 Å². The molecule has 1 aromatic rings. The van der Waals surface area contributed by atoms with Crippen LogP contribution in [0.5, 0.6) is 5.75 Å². The van der Waals surface area contributed by atoms with Gasteiger partial charge in [0.2, 0.25) is 0 Å². The van der Waals surface area contributed by atoms with Gasteiger partial charge >= 0.3 is 5.97 Å². The highest BCUT2D eigenvalue weighted by Crippen LogP contribution is 2.28. The molecule has 22 heavy (non-hydrogen) atoms. The second-order valence-electron chi connectivity index (χ2n) is 6.23. The van der Waals surface area contributed by atoms with Crippen molar-refractivity contribution in [2.75, 3.05) is 0 Å². The van der Waals surface area contributed by atoms with E-state index in [1.165, 1.54) is 26.0 Å². The van der Waals surface area contributed by atoms with Crippen LogP contribution in [0.2, 0.25) is 5.02 Å². The molecule has 3 N–H and O–H groups in total. The second kappa shape index (κ2) is 6.54. The van der Waals surface area contributed by atoms with E-state index in [9.17, 15) is 9.59 Å². The Morgan fingerprint density at radius 3 is 2.27 bits per heavy atom. The first-order valence-electron chi connectivity index (χ1n) is 6.69. The van der Waals surface area contributed by atoms with Gasteiger partial charge in [-0.15, -0.1) is 0 Å². The summed E-state index contributed by atoms with van der Waals surface area (Å²) in [6.45, 7) is 8.32. The molecule has 6 nitrogen and oxygen atoms in total. The first-order chi connectivity index (χ1) is 9.96. The number of hydrogen-bond acceptors (Lipinski definition) is 5. The van der Waals surface area contributed by atoms with Gasteiger partial charge in [-0.1, -0.05) is 11.6 Å². The maximum absolute atomic E-state index is 12.3. The van der Waals surface area contributed by atoms with Crippen molar-refractivity contribution < 1.29 is 19.1 Å². The van der Waals surface area contributed by atoms with Crippen LogP contribution in [0.15, 0.2) is 18.2 Å². The molecular weight excluding hydrogens is 308 g/mol. The second-order valence-corrected chi connectivity index (χ2v) is 6.66. The van der Waals surface area contributed by atoms with Gasteiger partial charge in [0.15, 0.2) is 5.60 Å². The number of nitrogens with two attached hydrogens (primary N) is 1. The molecular formula is C15H21ClN2O4. The lowest BCUT2D eigenvalue weighted by Crippen LogP contribution is -2.49. The smallest absolute Gasteiger partial charge is 0.342 e. The van der Waals surface area contributed by atoms with Gasteiger partial charge < -0.3 is 9.47 Å². The van der Waals surface area contributed by atoms with Gasteiger partial charge in [-0.3, -0.25) is 10.2 Å². The van der Waals surface area contributed by atoms with Crippen LogP contribution in [0.1, 0.15) is 45.0 Å². The lowest BCUT2D eigenvalue weighted by molar-refractivity contribution is -0.134. The number of amides is 1. The van der Waals surface area contributed by atoms with Crippen molar-refractivity contribution in [3.8, 4) is 5.75 Å². The average molecular weight is 329 g/mol. The predicted molar refractivity (Wildman–Crippen MR) is 83.7 cm³/mol. The minimum Gasteiger partial charge on any atom is -0.477 e.